The number of aryl methyl sites for hydroxylation is 2. The van der Waals surface area contributed by atoms with Crippen LogP contribution >= 0.6 is 11.3 Å². The van der Waals surface area contributed by atoms with Crippen molar-refractivity contribution < 1.29 is 8.42 Å². The zero-order chi connectivity index (χ0) is 18.1. The Kier molecular flexibility index (Phi) is 4.98. The number of rotatable bonds is 5. The molecule has 3 nitrogen and oxygen atoms in total. The van der Waals surface area contributed by atoms with E-state index in [1.165, 1.54) is 15.8 Å². The Morgan fingerprint density at radius 2 is 1.52 bits per heavy atom. The fourth-order valence-electron chi connectivity index (χ4n) is 2.58. The maximum Gasteiger partial charge on any atom is 0.159 e. The minimum absolute atomic E-state index is 0.0961. The molecule has 132 valence electrons. The summed E-state index contributed by atoms with van der Waals surface area (Å²) in [6, 6.07) is 14.4. The molecule has 0 fully saturated rings. The highest BCUT2D eigenvalue weighted by molar-refractivity contribution is 7.91. The second kappa shape index (κ2) is 6.89. The van der Waals surface area contributed by atoms with Gasteiger partial charge in [0.2, 0.25) is 0 Å². The third kappa shape index (κ3) is 4.28. The van der Waals surface area contributed by atoms with E-state index in [9.17, 15) is 8.42 Å². The van der Waals surface area contributed by atoms with Crippen LogP contribution in [0.1, 0.15) is 37.5 Å². The summed E-state index contributed by atoms with van der Waals surface area (Å²) in [6.07, 6.45) is 1.91. The Hall–Kier alpha value is -1.72. The minimum Gasteiger partial charge on any atom is -0.245 e. The largest absolute Gasteiger partial charge is 0.245 e. The molecule has 2 aromatic carbocycles. The van der Waals surface area contributed by atoms with E-state index in [1.54, 1.807) is 32.1 Å². The van der Waals surface area contributed by atoms with Crippen molar-refractivity contribution in [1.29, 1.82) is 0 Å². The minimum atomic E-state index is -3.14. The summed E-state index contributed by atoms with van der Waals surface area (Å²) in [4.78, 5) is 4.30. The van der Waals surface area contributed by atoms with Gasteiger partial charge in [-0.25, -0.2) is 13.4 Å². The lowest BCUT2D eigenvalue weighted by atomic mass is 10.0. The first-order valence-corrected chi connectivity index (χ1v) is 10.9. The molecule has 0 bridgehead atoms. The summed E-state index contributed by atoms with van der Waals surface area (Å²) in [7, 11) is -3.14. The zero-order valence-electron chi connectivity index (χ0n) is 14.8. The van der Waals surface area contributed by atoms with Crippen LogP contribution in [0.3, 0.4) is 0 Å². The number of aromatic nitrogens is 1. The molecule has 1 heterocycles. The van der Waals surface area contributed by atoms with Crippen LogP contribution in [0.4, 0.5) is 0 Å². The molecule has 0 radical (unpaired) electrons. The zero-order valence-corrected chi connectivity index (χ0v) is 16.5. The van der Waals surface area contributed by atoms with E-state index in [2.05, 4.69) is 23.2 Å². The molecule has 3 aromatic rings. The molecule has 0 atom stereocenters. The van der Waals surface area contributed by atoms with E-state index in [-0.39, 0.29) is 5.75 Å². The molecule has 0 saturated carbocycles. The molecule has 0 aliphatic heterocycles. The summed E-state index contributed by atoms with van der Waals surface area (Å²) < 4.78 is 25.1. The van der Waals surface area contributed by atoms with Crippen LogP contribution < -0.4 is 0 Å². The SMILES string of the molecule is CC(C)(C)S(=O)(=O)Cc1ccc(CCc2ccc3ncsc3c2)cc1. The third-order valence-corrected chi connectivity index (χ3v) is 7.78. The molecule has 0 amide bonds. The number of hydrogen-bond donors (Lipinski definition) is 0. The fourth-order valence-corrected chi connectivity index (χ4v) is 4.39. The lowest BCUT2D eigenvalue weighted by Crippen LogP contribution is -2.29. The van der Waals surface area contributed by atoms with Crippen molar-refractivity contribution in [1.82, 2.24) is 4.98 Å². The standard InChI is InChI=1S/C20H23NO2S2/c1-20(2,3)25(22,23)13-17-8-5-15(6-9-17)4-7-16-10-11-18-19(12-16)24-14-21-18/h5-6,8-12,14H,4,7,13H2,1-3H3. The van der Waals surface area contributed by atoms with Gasteiger partial charge in [0, 0.05) is 0 Å². The lowest BCUT2D eigenvalue weighted by molar-refractivity contribution is 0.559. The summed E-state index contributed by atoms with van der Waals surface area (Å²) in [5.41, 5.74) is 6.30. The molecule has 0 unspecified atom stereocenters. The molecule has 1 aromatic heterocycles. The monoisotopic (exact) mass is 373 g/mol. The highest BCUT2D eigenvalue weighted by atomic mass is 32.2. The number of nitrogens with zero attached hydrogens (tertiary/aromatic N) is 1. The van der Waals surface area contributed by atoms with Gasteiger partial charge in [-0.2, -0.15) is 0 Å². The Morgan fingerprint density at radius 1 is 0.920 bits per heavy atom. The van der Waals surface area contributed by atoms with Gasteiger partial charge in [0.15, 0.2) is 9.84 Å². The fraction of sp³-hybridized carbons (Fsp3) is 0.350. The molecule has 5 heteroatoms. The molecule has 0 aliphatic rings. The summed E-state index contributed by atoms with van der Waals surface area (Å²) in [6.45, 7) is 5.24. The summed E-state index contributed by atoms with van der Waals surface area (Å²) >= 11 is 1.66. The molecular formula is C20H23NO2S2. The van der Waals surface area contributed by atoms with Crippen LogP contribution in [0.5, 0.6) is 0 Å². The molecule has 0 saturated heterocycles. The van der Waals surface area contributed by atoms with Crippen LogP contribution in [0.2, 0.25) is 0 Å². The van der Waals surface area contributed by atoms with E-state index in [4.69, 9.17) is 0 Å². The summed E-state index contributed by atoms with van der Waals surface area (Å²) in [5, 5.41) is 0. The molecule has 25 heavy (non-hydrogen) atoms. The van der Waals surface area contributed by atoms with Gasteiger partial charge in [0.25, 0.3) is 0 Å². The van der Waals surface area contributed by atoms with Crippen LogP contribution in [0.25, 0.3) is 10.2 Å². The number of thiazole rings is 1. The normalized spacial score (nSPS) is 12.6. The van der Waals surface area contributed by atoms with Crippen LogP contribution in [-0.4, -0.2) is 18.1 Å². The van der Waals surface area contributed by atoms with Gasteiger partial charge in [-0.05, 0) is 62.4 Å². The average Bonchev–Trinajstić information content (AvgIpc) is 3.00. The van der Waals surface area contributed by atoms with Gasteiger partial charge in [0.1, 0.15) is 0 Å². The first-order valence-electron chi connectivity index (χ1n) is 8.37. The Bertz CT molecular complexity index is 965. The molecule has 0 aliphatic carbocycles. The quantitative estimate of drug-likeness (QED) is 0.646. The van der Waals surface area contributed by atoms with Crippen molar-refractivity contribution >= 4 is 31.4 Å². The topological polar surface area (TPSA) is 47.0 Å². The first-order chi connectivity index (χ1) is 11.7. The van der Waals surface area contributed by atoms with E-state index in [0.29, 0.717) is 0 Å². The van der Waals surface area contributed by atoms with Gasteiger partial charge in [0.05, 0.1) is 26.2 Å². The van der Waals surface area contributed by atoms with Crippen LogP contribution in [0, 0.1) is 0 Å². The van der Waals surface area contributed by atoms with Crippen LogP contribution in [0.15, 0.2) is 48.0 Å². The van der Waals surface area contributed by atoms with Crippen molar-refractivity contribution in [2.24, 2.45) is 0 Å². The van der Waals surface area contributed by atoms with E-state index in [1.807, 2.05) is 29.8 Å². The Morgan fingerprint density at radius 3 is 2.20 bits per heavy atom. The second-order valence-corrected chi connectivity index (χ2v) is 11.0. The van der Waals surface area contributed by atoms with E-state index < -0.39 is 14.6 Å². The molecule has 3 rings (SSSR count). The van der Waals surface area contributed by atoms with Crippen molar-refractivity contribution in [2.75, 3.05) is 0 Å². The highest BCUT2D eigenvalue weighted by Crippen LogP contribution is 2.22. The predicted molar refractivity (Wildman–Crippen MR) is 106 cm³/mol. The maximum absolute atomic E-state index is 12.3. The van der Waals surface area contributed by atoms with Crippen molar-refractivity contribution in [2.45, 2.75) is 44.1 Å². The van der Waals surface area contributed by atoms with Gasteiger partial charge in [-0.15, -0.1) is 11.3 Å². The second-order valence-electron chi connectivity index (χ2n) is 7.34. The smallest absolute Gasteiger partial charge is 0.159 e. The third-order valence-electron chi connectivity index (χ3n) is 4.41. The van der Waals surface area contributed by atoms with Gasteiger partial charge < -0.3 is 0 Å². The Balaban J connectivity index is 1.64. The Labute approximate surface area is 153 Å². The van der Waals surface area contributed by atoms with Gasteiger partial charge in [-0.1, -0.05) is 30.3 Å². The lowest BCUT2D eigenvalue weighted by Gasteiger charge is -2.19. The molecule has 0 spiro atoms. The number of hydrogen-bond acceptors (Lipinski definition) is 4. The van der Waals surface area contributed by atoms with E-state index >= 15 is 0 Å². The van der Waals surface area contributed by atoms with Gasteiger partial charge >= 0.3 is 0 Å². The van der Waals surface area contributed by atoms with Crippen LogP contribution in [-0.2, 0) is 28.4 Å². The predicted octanol–water partition coefficient (Wildman–Crippen LogP) is 4.79. The highest BCUT2D eigenvalue weighted by Gasteiger charge is 2.28. The van der Waals surface area contributed by atoms with Gasteiger partial charge in [-0.3, -0.25) is 0 Å². The average molecular weight is 374 g/mol. The van der Waals surface area contributed by atoms with Crippen molar-refractivity contribution in [3.05, 3.63) is 64.7 Å². The number of sulfone groups is 1. The molecule has 0 N–H and O–H groups in total. The van der Waals surface area contributed by atoms with Crippen molar-refractivity contribution in [3.63, 3.8) is 0 Å². The summed E-state index contributed by atoms with van der Waals surface area (Å²) in [5.74, 6) is 0.0961. The first kappa shape index (κ1) is 18.1. The number of benzene rings is 2. The van der Waals surface area contributed by atoms with Crippen molar-refractivity contribution in [3.8, 4) is 0 Å². The van der Waals surface area contributed by atoms with E-state index in [0.717, 1.165) is 23.9 Å². The number of fused-ring (bicyclic) bond motifs is 1. The maximum atomic E-state index is 12.3. The molecular weight excluding hydrogens is 350 g/mol.